The van der Waals surface area contributed by atoms with Crippen LogP contribution in [0.25, 0.3) is 0 Å². The zero-order valence-corrected chi connectivity index (χ0v) is 10.4. The molecule has 0 saturated carbocycles. The summed E-state index contributed by atoms with van der Waals surface area (Å²) in [6, 6.07) is 9.32. The van der Waals surface area contributed by atoms with Gasteiger partial charge >= 0.3 is 0 Å². The first kappa shape index (κ1) is 12.1. The maximum absolute atomic E-state index is 8.69. The van der Waals surface area contributed by atoms with Gasteiger partial charge < -0.3 is 4.74 Å². The zero-order chi connectivity index (χ0) is 13.0. The molecule has 92 valence electrons. The Morgan fingerprint density at radius 2 is 2.06 bits per heavy atom. The third kappa shape index (κ3) is 2.66. The molecular formula is C13H14N4O. The summed E-state index contributed by atoms with van der Waals surface area (Å²) in [7, 11) is 0. The highest BCUT2D eigenvalue weighted by Gasteiger charge is 2.07. The Balaban J connectivity index is 2.02. The molecular weight excluding hydrogens is 228 g/mol. The fourth-order valence-corrected chi connectivity index (χ4v) is 1.58. The van der Waals surface area contributed by atoms with E-state index in [9.17, 15) is 0 Å². The van der Waals surface area contributed by atoms with Crippen LogP contribution in [-0.4, -0.2) is 14.8 Å². The maximum atomic E-state index is 8.69. The molecule has 1 aromatic heterocycles. The molecule has 0 amide bonds. The van der Waals surface area contributed by atoms with E-state index in [2.05, 4.69) is 16.2 Å². The van der Waals surface area contributed by atoms with Crippen LogP contribution in [0.1, 0.15) is 31.3 Å². The maximum Gasteiger partial charge on any atom is 0.165 e. The first-order valence-corrected chi connectivity index (χ1v) is 5.72. The predicted molar refractivity (Wildman–Crippen MR) is 65.9 cm³/mol. The summed E-state index contributed by atoms with van der Waals surface area (Å²) in [5.74, 6) is 1.50. The van der Waals surface area contributed by atoms with Crippen LogP contribution in [0, 0.1) is 11.3 Å². The van der Waals surface area contributed by atoms with E-state index in [1.807, 2.05) is 18.5 Å². The monoisotopic (exact) mass is 242 g/mol. The molecule has 5 heteroatoms. The van der Waals surface area contributed by atoms with Crippen molar-refractivity contribution in [1.82, 2.24) is 14.8 Å². The zero-order valence-electron chi connectivity index (χ0n) is 10.4. The number of benzene rings is 1. The van der Waals surface area contributed by atoms with E-state index < -0.39 is 0 Å². The minimum absolute atomic E-state index is 0.257. The van der Waals surface area contributed by atoms with Crippen molar-refractivity contribution in [2.45, 2.75) is 26.5 Å². The number of hydrogen-bond donors (Lipinski definition) is 0. The van der Waals surface area contributed by atoms with Gasteiger partial charge in [0.05, 0.1) is 11.6 Å². The summed E-state index contributed by atoms with van der Waals surface area (Å²) < 4.78 is 7.43. The van der Waals surface area contributed by atoms with Gasteiger partial charge in [0, 0.05) is 6.04 Å². The predicted octanol–water partition coefficient (Wildman–Crippen LogP) is 2.31. The smallest absolute Gasteiger partial charge is 0.165 e. The quantitative estimate of drug-likeness (QED) is 0.825. The van der Waals surface area contributed by atoms with E-state index in [-0.39, 0.29) is 6.04 Å². The Hall–Kier alpha value is -2.35. The summed E-state index contributed by atoms with van der Waals surface area (Å²) in [4.78, 5) is 4.16. The van der Waals surface area contributed by atoms with Crippen LogP contribution in [0.15, 0.2) is 30.6 Å². The molecule has 5 nitrogen and oxygen atoms in total. The molecule has 0 aliphatic rings. The SMILES string of the molecule is CC(C)n1ncnc1COc1ccc(C#N)cc1. The van der Waals surface area contributed by atoms with Gasteiger partial charge in [-0.3, -0.25) is 0 Å². The first-order valence-electron chi connectivity index (χ1n) is 5.72. The normalized spacial score (nSPS) is 10.3. The average molecular weight is 242 g/mol. The van der Waals surface area contributed by atoms with Gasteiger partial charge in [0.25, 0.3) is 0 Å². The molecule has 0 aliphatic heterocycles. The molecule has 0 N–H and O–H groups in total. The van der Waals surface area contributed by atoms with Crippen molar-refractivity contribution < 1.29 is 4.74 Å². The van der Waals surface area contributed by atoms with E-state index in [1.54, 1.807) is 24.3 Å². The summed E-state index contributed by atoms with van der Waals surface area (Å²) in [6.07, 6.45) is 1.53. The molecule has 18 heavy (non-hydrogen) atoms. The average Bonchev–Trinajstić information content (AvgIpc) is 2.85. The Bertz CT molecular complexity index is 551. The van der Waals surface area contributed by atoms with Crippen molar-refractivity contribution in [3.05, 3.63) is 42.0 Å². The van der Waals surface area contributed by atoms with Gasteiger partial charge in [-0.05, 0) is 38.1 Å². The molecule has 1 aromatic carbocycles. The largest absolute Gasteiger partial charge is 0.486 e. The molecule has 0 fully saturated rings. The van der Waals surface area contributed by atoms with E-state index >= 15 is 0 Å². The van der Waals surface area contributed by atoms with Gasteiger partial charge in [0.1, 0.15) is 18.7 Å². The van der Waals surface area contributed by atoms with Crippen molar-refractivity contribution in [2.75, 3.05) is 0 Å². The molecule has 0 saturated heterocycles. The Labute approximate surface area is 106 Å². The van der Waals surface area contributed by atoms with Crippen LogP contribution >= 0.6 is 0 Å². The standard InChI is InChI=1S/C13H14N4O/c1-10(2)17-13(15-9-16-17)8-18-12-5-3-11(7-14)4-6-12/h3-6,9-10H,8H2,1-2H3. The van der Waals surface area contributed by atoms with Crippen LogP contribution in [0.4, 0.5) is 0 Å². The summed E-state index contributed by atoms with van der Waals surface area (Å²) in [5, 5.41) is 12.8. The lowest BCUT2D eigenvalue weighted by Crippen LogP contribution is -2.10. The highest BCUT2D eigenvalue weighted by atomic mass is 16.5. The van der Waals surface area contributed by atoms with E-state index in [0.717, 1.165) is 5.82 Å². The Kier molecular flexibility index (Phi) is 3.58. The lowest BCUT2D eigenvalue weighted by Gasteiger charge is -2.10. The molecule has 0 atom stereocenters. The van der Waals surface area contributed by atoms with Gasteiger partial charge in [-0.15, -0.1) is 0 Å². The second-order valence-electron chi connectivity index (χ2n) is 4.14. The lowest BCUT2D eigenvalue weighted by atomic mass is 10.2. The fourth-order valence-electron chi connectivity index (χ4n) is 1.58. The van der Waals surface area contributed by atoms with Crippen molar-refractivity contribution in [3.8, 4) is 11.8 Å². The van der Waals surface area contributed by atoms with Crippen LogP contribution < -0.4 is 4.74 Å². The van der Waals surface area contributed by atoms with Crippen molar-refractivity contribution in [1.29, 1.82) is 5.26 Å². The van der Waals surface area contributed by atoms with Crippen molar-refractivity contribution in [2.24, 2.45) is 0 Å². The minimum Gasteiger partial charge on any atom is -0.486 e. The van der Waals surface area contributed by atoms with E-state index in [4.69, 9.17) is 10.00 Å². The van der Waals surface area contributed by atoms with Crippen molar-refractivity contribution >= 4 is 0 Å². The Morgan fingerprint density at radius 1 is 1.33 bits per heavy atom. The number of aromatic nitrogens is 3. The number of rotatable bonds is 4. The van der Waals surface area contributed by atoms with Crippen LogP contribution in [0.3, 0.4) is 0 Å². The molecule has 0 spiro atoms. The molecule has 2 rings (SSSR count). The van der Waals surface area contributed by atoms with E-state index in [1.165, 1.54) is 6.33 Å². The fraction of sp³-hybridized carbons (Fsp3) is 0.308. The number of hydrogen-bond acceptors (Lipinski definition) is 4. The summed E-state index contributed by atoms with van der Waals surface area (Å²) in [5.41, 5.74) is 0.618. The van der Waals surface area contributed by atoms with Gasteiger partial charge in [-0.1, -0.05) is 0 Å². The molecule has 1 heterocycles. The second kappa shape index (κ2) is 5.32. The third-order valence-electron chi connectivity index (χ3n) is 2.49. The van der Waals surface area contributed by atoms with Crippen LogP contribution in [-0.2, 0) is 6.61 Å². The van der Waals surface area contributed by atoms with Gasteiger partial charge in [-0.25, -0.2) is 9.67 Å². The molecule has 2 aromatic rings. The number of nitrogens with zero attached hydrogens (tertiary/aromatic N) is 4. The number of nitriles is 1. The lowest BCUT2D eigenvalue weighted by molar-refractivity contribution is 0.282. The highest BCUT2D eigenvalue weighted by molar-refractivity contribution is 5.34. The second-order valence-corrected chi connectivity index (χ2v) is 4.14. The minimum atomic E-state index is 0.257. The topological polar surface area (TPSA) is 63.7 Å². The molecule has 0 aliphatic carbocycles. The molecule has 0 bridgehead atoms. The molecule has 0 radical (unpaired) electrons. The van der Waals surface area contributed by atoms with Crippen molar-refractivity contribution in [3.63, 3.8) is 0 Å². The van der Waals surface area contributed by atoms with Gasteiger partial charge in [0.2, 0.25) is 0 Å². The summed E-state index contributed by atoms with van der Waals surface area (Å²) >= 11 is 0. The third-order valence-corrected chi connectivity index (χ3v) is 2.49. The first-order chi connectivity index (χ1) is 8.70. The molecule has 0 unspecified atom stereocenters. The Morgan fingerprint density at radius 3 is 2.67 bits per heavy atom. The van der Waals surface area contributed by atoms with E-state index in [0.29, 0.717) is 17.9 Å². The van der Waals surface area contributed by atoms with Gasteiger partial charge in [-0.2, -0.15) is 10.4 Å². The van der Waals surface area contributed by atoms with Gasteiger partial charge in [0.15, 0.2) is 5.82 Å². The van der Waals surface area contributed by atoms with Crippen LogP contribution in [0.2, 0.25) is 0 Å². The summed E-state index contributed by atoms with van der Waals surface area (Å²) in [6.45, 7) is 4.45. The number of ether oxygens (including phenoxy) is 1. The van der Waals surface area contributed by atoms with Crippen LogP contribution in [0.5, 0.6) is 5.75 Å². The highest BCUT2D eigenvalue weighted by Crippen LogP contribution is 2.14.